The van der Waals surface area contributed by atoms with Gasteiger partial charge in [-0.3, -0.25) is 0 Å². The Balaban J connectivity index is 5.49. The summed E-state index contributed by atoms with van der Waals surface area (Å²) in [5.74, 6) is 0. The SMILES string of the molecule is C[Si](N=C=O)(N=C=O)O[Si](C)(C)O[Si](C)(C)O[Si](C)(N=C=O)N=C=O. The van der Waals surface area contributed by atoms with Gasteiger partial charge >= 0.3 is 34.4 Å². The molecule has 0 bridgehead atoms. The molecule has 0 amide bonds. The number of rotatable bonds is 10. The van der Waals surface area contributed by atoms with E-state index in [4.69, 9.17) is 12.3 Å². The zero-order valence-electron chi connectivity index (χ0n) is 14.6. The molecule has 0 aliphatic rings. The highest BCUT2D eigenvalue weighted by atomic mass is 28.5. The molecular weight excluding hydrogens is 400 g/mol. The van der Waals surface area contributed by atoms with E-state index in [2.05, 4.69) is 18.6 Å². The van der Waals surface area contributed by atoms with Gasteiger partial charge in [-0.1, -0.05) is 0 Å². The number of isocyanates is 4. The van der Waals surface area contributed by atoms with Gasteiger partial charge in [0.15, 0.2) is 0 Å². The van der Waals surface area contributed by atoms with Crippen molar-refractivity contribution in [3.8, 4) is 0 Å². The molecule has 0 aliphatic carbocycles. The number of nitrogens with zero attached hydrogens (tertiary/aromatic N) is 4. The van der Waals surface area contributed by atoms with Crippen molar-refractivity contribution in [3.63, 3.8) is 0 Å². The van der Waals surface area contributed by atoms with Crippen molar-refractivity contribution in [1.29, 1.82) is 0 Å². The van der Waals surface area contributed by atoms with Gasteiger partial charge in [-0.25, -0.2) is 19.2 Å². The molecule has 136 valence electrons. The summed E-state index contributed by atoms with van der Waals surface area (Å²) in [7, 11) is -12.9. The molecule has 0 radical (unpaired) electrons. The summed E-state index contributed by atoms with van der Waals surface area (Å²) in [5, 5.41) is 0. The van der Waals surface area contributed by atoms with E-state index in [1.165, 1.54) is 37.4 Å². The Bertz CT molecular complexity index is 595. The molecule has 0 heterocycles. The van der Waals surface area contributed by atoms with Gasteiger partial charge in [0, 0.05) is 0 Å². The molecule has 0 aliphatic heterocycles. The molecule has 0 rings (SSSR count). The first-order chi connectivity index (χ1) is 11.4. The first kappa shape index (κ1) is 23.3. The maximum Gasteiger partial charge on any atom is 0.466 e. The Hall–Kier alpha value is -1.73. The number of hydrogen-bond acceptors (Lipinski definition) is 11. The Morgan fingerprint density at radius 3 is 0.960 bits per heavy atom. The van der Waals surface area contributed by atoms with Crippen LogP contribution in [0.15, 0.2) is 18.6 Å². The van der Waals surface area contributed by atoms with Crippen LogP contribution in [0.1, 0.15) is 0 Å². The van der Waals surface area contributed by atoms with Crippen molar-refractivity contribution in [1.82, 2.24) is 0 Å². The molecule has 0 saturated heterocycles. The minimum absolute atomic E-state index is 1.33. The Morgan fingerprint density at radius 2 is 0.760 bits per heavy atom. The second kappa shape index (κ2) is 9.10. The lowest BCUT2D eigenvalue weighted by atomic mass is 11.7. The number of hydrogen-bond donors (Lipinski definition) is 0. The quantitative estimate of drug-likeness (QED) is 0.291. The minimum Gasteiger partial charge on any atom is -0.416 e. The largest absolute Gasteiger partial charge is 0.466 e. The van der Waals surface area contributed by atoms with E-state index in [0.717, 1.165) is 0 Å². The summed E-state index contributed by atoms with van der Waals surface area (Å²) >= 11 is 0. The van der Waals surface area contributed by atoms with Crippen molar-refractivity contribution < 1.29 is 31.5 Å². The summed E-state index contributed by atoms with van der Waals surface area (Å²) in [6.45, 7) is 9.37. The van der Waals surface area contributed by atoms with Crippen LogP contribution in [0.25, 0.3) is 0 Å². The van der Waals surface area contributed by atoms with Crippen LogP contribution in [0.3, 0.4) is 0 Å². The fraction of sp³-hybridized carbons (Fsp3) is 0.600. The normalized spacial score (nSPS) is 15.9. The van der Waals surface area contributed by atoms with Gasteiger partial charge in [0.2, 0.25) is 24.3 Å². The van der Waals surface area contributed by atoms with Crippen LogP contribution in [0, 0.1) is 0 Å². The second-order valence-electron chi connectivity index (χ2n) is 5.79. The van der Waals surface area contributed by atoms with Crippen molar-refractivity contribution in [2.24, 2.45) is 18.6 Å². The van der Waals surface area contributed by atoms with Gasteiger partial charge in [-0.2, -0.15) is 18.6 Å². The zero-order chi connectivity index (χ0) is 19.8. The molecule has 0 N–H and O–H groups in total. The predicted octanol–water partition coefficient (Wildman–Crippen LogP) is 0.920. The number of carbonyl (C=O) groups excluding carboxylic acids is 4. The molecule has 0 spiro atoms. The monoisotopic (exact) mass is 418 g/mol. The third kappa shape index (κ3) is 8.79. The van der Waals surface area contributed by atoms with E-state index in [-0.39, 0.29) is 0 Å². The first-order valence-corrected chi connectivity index (χ1v) is 17.1. The molecule has 15 heteroatoms. The summed E-state index contributed by atoms with van der Waals surface area (Å²) in [6, 6.07) is 0. The standard InChI is InChI=1S/C10H18N4O7Si4/c1-22(2,20-24(5,11-7-15)12-8-16)19-23(3,4)21-25(6,13-9-17)14-10-18/h1-6H3. The molecule has 0 saturated carbocycles. The smallest absolute Gasteiger partial charge is 0.416 e. The highest BCUT2D eigenvalue weighted by molar-refractivity contribution is 6.89. The Kier molecular flexibility index (Phi) is 8.47. The van der Waals surface area contributed by atoms with Crippen LogP contribution in [0.2, 0.25) is 39.3 Å². The molecule has 25 heavy (non-hydrogen) atoms. The van der Waals surface area contributed by atoms with Gasteiger partial charge < -0.3 is 12.3 Å². The van der Waals surface area contributed by atoms with E-state index in [0.29, 0.717) is 0 Å². The van der Waals surface area contributed by atoms with E-state index in [1.54, 1.807) is 26.2 Å². The fourth-order valence-corrected chi connectivity index (χ4v) is 16.8. The molecule has 0 atom stereocenters. The zero-order valence-corrected chi connectivity index (χ0v) is 18.6. The topological polar surface area (TPSA) is 145 Å². The van der Waals surface area contributed by atoms with Gasteiger partial charge in [0.05, 0.1) is 0 Å². The van der Waals surface area contributed by atoms with Crippen molar-refractivity contribution in [3.05, 3.63) is 0 Å². The molecule has 11 nitrogen and oxygen atoms in total. The molecule has 0 aromatic carbocycles. The van der Waals surface area contributed by atoms with E-state index >= 15 is 0 Å². The van der Waals surface area contributed by atoms with Crippen LogP contribution in [-0.4, -0.2) is 58.7 Å². The summed E-state index contributed by atoms with van der Waals surface area (Å²) in [6.07, 6.45) is 5.31. The predicted molar refractivity (Wildman–Crippen MR) is 93.9 cm³/mol. The van der Waals surface area contributed by atoms with Crippen molar-refractivity contribution in [2.45, 2.75) is 39.3 Å². The van der Waals surface area contributed by atoms with Crippen LogP contribution >= 0.6 is 0 Å². The molecule has 0 fully saturated rings. The van der Waals surface area contributed by atoms with E-state index in [9.17, 15) is 19.2 Å². The molecule has 0 aromatic rings. The third-order valence-electron chi connectivity index (χ3n) is 2.38. The lowest BCUT2D eigenvalue weighted by molar-refractivity contribution is 0.327. The summed E-state index contributed by atoms with van der Waals surface area (Å²) in [4.78, 5) is 42.1. The first-order valence-electron chi connectivity index (χ1n) is 6.83. The maximum absolute atomic E-state index is 10.5. The summed E-state index contributed by atoms with van der Waals surface area (Å²) < 4.78 is 31.3. The Labute approximate surface area is 148 Å². The highest BCUT2D eigenvalue weighted by Crippen LogP contribution is 2.25. The Morgan fingerprint density at radius 1 is 0.520 bits per heavy atom. The lowest BCUT2D eigenvalue weighted by Gasteiger charge is -2.36. The van der Waals surface area contributed by atoms with Gasteiger partial charge in [-0.15, -0.1) is 0 Å². The van der Waals surface area contributed by atoms with Crippen LogP contribution < -0.4 is 0 Å². The van der Waals surface area contributed by atoms with Gasteiger partial charge in [0.1, 0.15) is 0 Å². The van der Waals surface area contributed by atoms with Gasteiger partial charge in [-0.05, 0) is 39.3 Å². The van der Waals surface area contributed by atoms with Crippen molar-refractivity contribution >= 4 is 58.7 Å². The van der Waals surface area contributed by atoms with Crippen molar-refractivity contribution in [2.75, 3.05) is 0 Å². The third-order valence-corrected chi connectivity index (χ3v) is 15.4. The van der Waals surface area contributed by atoms with Crippen LogP contribution in [0.5, 0.6) is 0 Å². The maximum atomic E-state index is 10.5. The lowest BCUT2D eigenvalue weighted by Crippen LogP contribution is -2.56. The van der Waals surface area contributed by atoms with E-state index < -0.39 is 34.4 Å². The van der Waals surface area contributed by atoms with Gasteiger partial charge in [0.25, 0.3) is 0 Å². The van der Waals surface area contributed by atoms with Crippen LogP contribution in [0.4, 0.5) is 0 Å². The average Bonchev–Trinajstić information content (AvgIpc) is 2.35. The molecule has 0 unspecified atom stereocenters. The van der Waals surface area contributed by atoms with Crippen LogP contribution in [-0.2, 0) is 31.5 Å². The minimum atomic E-state index is -3.43. The second-order valence-corrected chi connectivity index (χ2v) is 18.5. The van der Waals surface area contributed by atoms with E-state index in [1.807, 2.05) is 0 Å². The molecular formula is C10H18N4O7Si4. The summed E-state index contributed by atoms with van der Waals surface area (Å²) in [5.41, 5.74) is 0. The average molecular weight is 419 g/mol. The fourth-order valence-electron chi connectivity index (χ4n) is 2.04. The molecule has 0 aromatic heterocycles. The highest BCUT2D eigenvalue weighted by Gasteiger charge is 2.47.